The van der Waals surface area contributed by atoms with Gasteiger partial charge in [-0.3, -0.25) is 0 Å². The summed E-state index contributed by atoms with van der Waals surface area (Å²) < 4.78 is 0. The predicted octanol–water partition coefficient (Wildman–Crippen LogP) is 6.84. The fraction of sp³-hybridized carbons (Fsp3) is 0.273. The second-order valence-electron chi connectivity index (χ2n) is 5.13. The summed E-state index contributed by atoms with van der Waals surface area (Å²) in [6.07, 6.45) is 18.7. The first-order valence-corrected chi connectivity index (χ1v) is 8.17. The molecule has 23 heavy (non-hydrogen) atoms. The van der Waals surface area contributed by atoms with E-state index in [2.05, 4.69) is 57.2 Å². The van der Waals surface area contributed by atoms with Crippen molar-refractivity contribution in [2.75, 3.05) is 0 Å². The van der Waals surface area contributed by atoms with Crippen LogP contribution in [0.25, 0.3) is 0 Å². The van der Waals surface area contributed by atoms with Gasteiger partial charge in [-0.1, -0.05) is 76.5 Å². The quantitative estimate of drug-likeness (QED) is 0.378. The minimum absolute atomic E-state index is 0.982. The number of rotatable bonds is 11. The average Bonchev–Trinajstić information content (AvgIpc) is 2.56. The zero-order valence-corrected chi connectivity index (χ0v) is 15.0. The molecule has 124 valence electrons. The number of hydrogen-bond acceptors (Lipinski definition) is 1. The van der Waals surface area contributed by atoms with Crippen molar-refractivity contribution in [1.82, 2.24) is 4.90 Å². The van der Waals surface area contributed by atoms with Gasteiger partial charge in [-0.25, -0.2) is 0 Å². The Bertz CT molecular complexity index is 538. The fourth-order valence-corrected chi connectivity index (χ4v) is 2.15. The molecule has 0 fully saturated rings. The highest BCUT2D eigenvalue weighted by atomic mass is 15.2. The summed E-state index contributed by atoms with van der Waals surface area (Å²) in [5, 5.41) is 0. The van der Waals surface area contributed by atoms with E-state index >= 15 is 0 Å². The lowest BCUT2D eigenvalue weighted by Crippen LogP contribution is -2.20. The van der Waals surface area contributed by atoms with Gasteiger partial charge in [0, 0.05) is 17.1 Å². The molecule has 0 unspecified atom stereocenters. The van der Waals surface area contributed by atoms with Gasteiger partial charge in [-0.2, -0.15) is 0 Å². The third-order valence-electron chi connectivity index (χ3n) is 3.30. The zero-order chi connectivity index (χ0) is 17.7. The monoisotopic (exact) mass is 309 g/mol. The molecule has 0 bridgehead atoms. The Hall–Kier alpha value is -2.28. The second kappa shape index (κ2) is 12.3. The second-order valence-corrected chi connectivity index (χ2v) is 5.13. The summed E-state index contributed by atoms with van der Waals surface area (Å²) in [5.74, 6) is 0. The molecule has 0 N–H and O–H groups in total. The Labute approximate surface area is 143 Å². The van der Waals surface area contributed by atoms with Crippen molar-refractivity contribution in [3.05, 3.63) is 97.6 Å². The van der Waals surface area contributed by atoms with Crippen molar-refractivity contribution < 1.29 is 0 Å². The lowest BCUT2D eigenvalue weighted by molar-refractivity contribution is 0.524. The third-order valence-corrected chi connectivity index (χ3v) is 3.30. The van der Waals surface area contributed by atoms with E-state index in [9.17, 15) is 0 Å². The molecule has 0 atom stereocenters. The molecule has 0 spiro atoms. The third kappa shape index (κ3) is 7.01. The smallest absolute Gasteiger partial charge is 0.0452 e. The van der Waals surface area contributed by atoms with Gasteiger partial charge in [0.25, 0.3) is 0 Å². The molecule has 0 heterocycles. The normalized spacial score (nSPS) is 13.5. The molecule has 0 aliphatic rings. The Morgan fingerprint density at radius 3 is 1.91 bits per heavy atom. The van der Waals surface area contributed by atoms with Gasteiger partial charge in [0.15, 0.2) is 0 Å². The van der Waals surface area contributed by atoms with Crippen molar-refractivity contribution in [2.24, 2.45) is 0 Å². The van der Waals surface area contributed by atoms with Crippen LogP contribution in [0.4, 0.5) is 0 Å². The molecule has 0 amide bonds. The van der Waals surface area contributed by atoms with E-state index in [0.29, 0.717) is 0 Å². The predicted molar refractivity (Wildman–Crippen MR) is 106 cm³/mol. The van der Waals surface area contributed by atoms with Crippen molar-refractivity contribution in [3.8, 4) is 0 Å². The highest BCUT2D eigenvalue weighted by Crippen LogP contribution is 2.26. The molecule has 0 rings (SSSR count). The summed E-state index contributed by atoms with van der Waals surface area (Å²) in [6, 6.07) is 0. The van der Waals surface area contributed by atoms with Gasteiger partial charge >= 0.3 is 0 Å². The maximum Gasteiger partial charge on any atom is 0.0452 e. The molecule has 0 saturated heterocycles. The van der Waals surface area contributed by atoms with Gasteiger partial charge in [0.2, 0.25) is 0 Å². The number of allylic oxidation sites excluding steroid dienone is 10. The topological polar surface area (TPSA) is 3.24 Å². The SMILES string of the molecule is C=C/C=C(\C=C)N(/C(C=C)=C/C=C(\C)C=C)/C(=C/CC)CCC. The molecule has 0 aromatic heterocycles. The van der Waals surface area contributed by atoms with Gasteiger partial charge in [-0.15, -0.1) is 0 Å². The minimum atomic E-state index is 0.982. The van der Waals surface area contributed by atoms with Crippen molar-refractivity contribution >= 4 is 0 Å². The number of nitrogens with zero attached hydrogens (tertiary/aromatic N) is 1. The highest BCUT2D eigenvalue weighted by molar-refractivity contribution is 5.37. The molecule has 0 aromatic rings. The Kier molecular flexibility index (Phi) is 11.1. The van der Waals surface area contributed by atoms with E-state index in [1.165, 1.54) is 5.70 Å². The Morgan fingerprint density at radius 1 is 0.870 bits per heavy atom. The molecule has 0 saturated carbocycles. The van der Waals surface area contributed by atoms with E-state index in [1.54, 1.807) is 6.08 Å². The maximum atomic E-state index is 3.99. The summed E-state index contributed by atoms with van der Waals surface area (Å²) in [4.78, 5) is 2.20. The van der Waals surface area contributed by atoms with Gasteiger partial charge in [0.05, 0.1) is 0 Å². The standard InChI is InChI=1S/C22H31N/c1-8-14-20(12-5)23(22(15-9-2)16-10-3)21(13-6)18-17-19(7)11-4/h8,11-15,17-18H,1,4-6,9-10,16H2,2-3,7H3/b19-17+,20-14+,21-18+,22-15+. The summed E-state index contributed by atoms with van der Waals surface area (Å²) >= 11 is 0. The molecule has 1 heteroatoms. The van der Waals surface area contributed by atoms with Gasteiger partial charge in [0.1, 0.15) is 0 Å². The first kappa shape index (κ1) is 20.7. The molecular formula is C22H31N. The minimum Gasteiger partial charge on any atom is -0.315 e. The number of hydrogen-bond donors (Lipinski definition) is 0. The van der Waals surface area contributed by atoms with Gasteiger partial charge < -0.3 is 4.90 Å². The van der Waals surface area contributed by atoms with Crippen LogP contribution in [0.5, 0.6) is 0 Å². The van der Waals surface area contributed by atoms with Crippen LogP contribution in [-0.2, 0) is 0 Å². The molecule has 0 radical (unpaired) electrons. The zero-order valence-electron chi connectivity index (χ0n) is 15.0. The highest BCUT2D eigenvalue weighted by Gasteiger charge is 2.14. The largest absolute Gasteiger partial charge is 0.315 e. The fourth-order valence-electron chi connectivity index (χ4n) is 2.15. The van der Waals surface area contributed by atoms with Crippen LogP contribution < -0.4 is 0 Å². The molecule has 0 aliphatic carbocycles. The first-order chi connectivity index (χ1) is 11.1. The van der Waals surface area contributed by atoms with E-state index in [1.807, 2.05) is 37.3 Å². The summed E-state index contributed by atoms with van der Waals surface area (Å²) in [6.45, 7) is 21.9. The molecule has 0 aliphatic heterocycles. The van der Waals surface area contributed by atoms with E-state index in [4.69, 9.17) is 0 Å². The lowest BCUT2D eigenvalue weighted by atomic mass is 10.1. The molecular weight excluding hydrogens is 278 g/mol. The van der Waals surface area contributed by atoms with Gasteiger partial charge in [-0.05, 0) is 44.1 Å². The molecule has 1 nitrogen and oxygen atoms in total. The maximum absolute atomic E-state index is 3.99. The molecule has 0 aromatic carbocycles. The Morgan fingerprint density at radius 2 is 1.48 bits per heavy atom. The first-order valence-electron chi connectivity index (χ1n) is 8.17. The summed E-state index contributed by atoms with van der Waals surface area (Å²) in [5.41, 5.74) is 4.35. The van der Waals surface area contributed by atoms with Crippen LogP contribution >= 0.6 is 0 Å². The summed E-state index contributed by atoms with van der Waals surface area (Å²) in [7, 11) is 0. The van der Waals surface area contributed by atoms with Crippen LogP contribution in [0.1, 0.15) is 40.0 Å². The van der Waals surface area contributed by atoms with Crippen LogP contribution in [0.15, 0.2) is 97.6 Å². The van der Waals surface area contributed by atoms with Crippen molar-refractivity contribution in [2.45, 2.75) is 40.0 Å². The van der Waals surface area contributed by atoms with E-state index in [0.717, 1.165) is 36.2 Å². The van der Waals surface area contributed by atoms with Crippen molar-refractivity contribution in [3.63, 3.8) is 0 Å². The van der Waals surface area contributed by atoms with E-state index < -0.39 is 0 Å². The van der Waals surface area contributed by atoms with Crippen molar-refractivity contribution in [1.29, 1.82) is 0 Å². The Balaban J connectivity index is 6.18. The average molecular weight is 309 g/mol. The van der Waals surface area contributed by atoms with E-state index in [-0.39, 0.29) is 0 Å². The van der Waals surface area contributed by atoms with Crippen LogP contribution in [0, 0.1) is 0 Å². The van der Waals surface area contributed by atoms with Crippen LogP contribution in [0.2, 0.25) is 0 Å². The van der Waals surface area contributed by atoms with Crippen LogP contribution in [-0.4, -0.2) is 4.90 Å². The van der Waals surface area contributed by atoms with Crippen LogP contribution in [0.3, 0.4) is 0 Å². The lowest BCUT2D eigenvalue weighted by Gasteiger charge is -2.29.